The standard InChI is InChI=1S/C29H27N9O7S4/c30-28-32-19(15-49-28)20(36-44-11-12-46-29-35-34-24(45-29)18-3-1-2-6-31-18)23(40)33-21-25(41)38-22(27(42)43)16(14-48-26(21)38)13-47-17-4-7-37(8-5-17)9-10-39/h1-8,15,21,26,39H,9-14H2,(H3-,30,32,33,40,42,43)/b36-20-/t21-,26-/m1/s1. The van der Waals surface area contributed by atoms with Crippen LogP contribution in [0.5, 0.6) is 0 Å². The molecule has 254 valence electrons. The van der Waals surface area contributed by atoms with Crippen molar-refractivity contribution in [2.75, 3.05) is 36.2 Å². The molecule has 0 bridgehead atoms. The number of amides is 2. The van der Waals surface area contributed by atoms with Crippen molar-refractivity contribution in [2.45, 2.75) is 28.1 Å². The number of hydrogen-bond donors (Lipinski definition) is 3. The Hall–Kier alpha value is -4.50. The lowest BCUT2D eigenvalue weighted by Crippen LogP contribution is -2.71. The number of carbonyl (C=O) groups is 3. The first-order valence-electron chi connectivity index (χ1n) is 14.5. The number of carboxylic acid groups (broad SMARTS) is 1. The molecule has 0 unspecified atom stereocenters. The number of fused-ring (bicyclic) bond motifs is 1. The Labute approximate surface area is 295 Å². The third-order valence-corrected chi connectivity index (χ3v) is 10.9. The van der Waals surface area contributed by atoms with Crippen molar-refractivity contribution in [3.8, 4) is 11.6 Å². The number of hydrogen-bond acceptors (Lipinski definition) is 17. The van der Waals surface area contributed by atoms with Crippen molar-refractivity contribution in [1.29, 1.82) is 0 Å². The van der Waals surface area contributed by atoms with Gasteiger partial charge in [0, 0.05) is 45.9 Å². The number of aliphatic hydroxyl groups is 1. The van der Waals surface area contributed by atoms with Crippen LogP contribution in [0.1, 0.15) is 5.69 Å². The van der Waals surface area contributed by atoms with Crippen molar-refractivity contribution in [1.82, 2.24) is 30.4 Å². The van der Waals surface area contributed by atoms with Crippen LogP contribution in [0.3, 0.4) is 0 Å². The van der Waals surface area contributed by atoms with Crippen LogP contribution < -0.4 is 20.7 Å². The van der Waals surface area contributed by atoms with E-state index in [-0.39, 0.29) is 41.3 Å². The van der Waals surface area contributed by atoms with Crippen LogP contribution in [0.4, 0.5) is 5.13 Å². The lowest BCUT2D eigenvalue weighted by Gasteiger charge is -2.50. The van der Waals surface area contributed by atoms with E-state index in [1.54, 1.807) is 24.4 Å². The van der Waals surface area contributed by atoms with E-state index in [1.165, 1.54) is 40.7 Å². The van der Waals surface area contributed by atoms with Crippen molar-refractivity contribution in [2.24, 2.45) is 5.16 Å². The molecular weight excluding hydrogens is 715 g/mol. The molecule has 6 rings (SSSR count). The number of nitrogens with one attached hydrogen (secondary N) is 1. The van der Waals surface area contributed by atoms with Gasteiger partial charge in [-0.05, 0) is 17.7 Å². The third kappa shape index (κ3) is 8.05. The van der Waals surface area contributed by atoms with Gasteiger partial charge in [-0.15, -0.1) is 45.1 Å². The number of aliphatic carboxylic acids is 1. The van der Waals surface area contributed by atoms with Gasteiger partial charge in [0.2, 0.25) is 0 Å². The highest BCUT2D eigenvalue weighted by Gasteiger charge is 2.53. The van der Waals surface area contributed by atoms with Crippen molar-refractivity contribution in [3.63, 3.8) is 0 Å². The van der Waals surface area contributed by atoms with Gasteiger partial charge < -0.3 is 35.3 Å². The summed E-state index contributed by atoms with van der Waals surface area (Å²) in [5, 5.41) is 37.3. The number of rotatable bonds is 15. The van der Waals surface area contributed by atoms with Crippen molar-refractivity contribution in [3.05, 3.63) is 71.3 Å². The number of aliphatic hydroxyl groups excluding tert-OH is 1. The molecule has 2 aliphatic rings. The minimum absolute atomic E-state index is 0.0160. The number of aromatic nitrogens is 5. The Balaban J connectivity index is 1.07. The van der Waals surface area contributed by atoms with Crippen LogP contribution >= 0.6 is 46.6 Å². The zero-order valence-electron chi connectivity index (χ0n) is 25.3. The summed E-state index contributed by atoms with van der Waals surface area (Å²) in [4.78, 5) is 54.7. The average molecular weight is 742 g/mol. The highest BCUT2D eigenvalue weighted by Crippen LogP contribution is 2.41. The summed E-state index contributed by atoms with van der Waals surface area (Å²) in [6.45, 7) is 0.540. The molecule has 4 aromatic rings. The second-order valence-electron chi connectivity index (χ2n) is 10.2. The van der Waals surface area contributed by atoms with Gasteiger partial charge in [0.25, 0.3) is 22.9 Å². The fourth-order valence-corrected chi connectivity index (χ4v) is 8.19. The minimum atomic E-state index is -1.46. The predicted molar refractivity (Wildman–Crippen MR) is 179 cm³/mol. The maximum atomic E-state index is 13.4. The molecule has 0 radical (unpaired) electrons. The molecular formula is C29H27N9O7S4. The summed E-state index contributed by atoms with van der Waals surface area (Å²) >= 11 is 5.08. The number of carbonyl (C=O) groups excluding carboxylic acids is 3. The number of thioether (sulfide) groups is 3. The van der Waals surface area contributed by atoms with Crippen LogP contribution in [-0.2, 0) is 25.8 Å². The highest BCUT2D eigenvalue weighted by molar-refractivity contribution is 8.01. The fourth-order valence-electron chi connectivity index (χ4n) is 4.71. The number of thiazole rings is 1. The zero-order valence-corrected chi connectivity index (χ0v) is 28.6. The second kappa shape index (κ2) is 15.8. The molecule has 2 amide bonds. The monoisotopic (exact) mass is 741 g/mol. The quantitative estimate of drug-likeness (QED) is 0.0368. The van der Waals surface area contributed by atoms with Gasteiger partial charge in [-0.1, -0.05) is 23.0 Å². The number of anilines is 1. The number of β-lactam (4-membered cyclic amide) rings is 1. The Morgan fingerprint density at radius 2 is 2.08 bits per heavy atom. The normalized spacial score (nSPS) is 17.4. The Morgan fingerprint density at radius 1 is 1.24 bits per heavy atom. The molecule has 0 aliphatic carbocycles. The zero-order chi connectivity index (χ0) is 34.3. The van der Waals surface area contributed by atoms with Gasteiger partial charge in [0.1, 0.15) is 36.0 Å². The summed E-state index contributed by atoms with van der Waals surface area (Å²) in [5.41, 5.74) is 6.65. The molecule has 4 N–H and O–H groups in total. The van der Waals surface area contributed by atoms with Gasteiger partial charge >= 0.3 is 0 Å². The molecule has 2 aliphatic heterocycles. The van der Waals surface area contributed by atoms with E-state index in [1.807, 2.05) is 29.1 Å². The third-order valence-electron chi connectivity index (χ3n) is 6.99. The number of pyridine rings is 2. The molecule has 6 heterocycles. The lowest BCUT2D eigenvalue weighted by molar-refractivity contribution is -0.698. The SMILES string of the molecule is Nc1nc(/C(=N/OCCSc2nnc(-c3ccccn3)o2)C(=O)N[C@@H]2C(=O)N3C(C(=O)[O-])=C(CSc4cc[n+](CCO)cc4)CS[C@H]23)cs1. The molecule has 49 heavy (non-hydrogen) atoms. The molecule has 0 aromatic carbocycles. The molecule has 0 spiro atoms. The summed E-state index contributed by atoms with van der Waals surface area (Å²) < 4.78 is 7.43. The van der Waals surface area contributed by atoms with Crippen LogP contribution in [0.25, 0.3) is 11.6 Å². The maximum Gasteiger partial charge on any atom is 0.277 e. The first-order chi connectivity index (χ1) is 23.8. The van der Waals surface area contributed by atoms with Gasteiger partial charge in [0.05, 0.1) is 11.7 Å². The van der Waals surface area contributed by atoms with Crippen LogP contribution in [0.2, 0.25) is 0 Å². The van der Waals surface area contributed by atoms with E-state index in [0.29, 0.717) is 40.3 Å². The van der Waals surface area contributed by atoms with Crippen LogP contribution in [0, 0.1) is 0 Å². The van der Waals surface area contributed by atoms with Gasteiger partial charge in [-0.25, -0.2) is 9.55 Å². The largest absolute Gasteiger partial charge is 0.543 e. The molecule has 20 heteroatoms. The van der Waals surface area contributed by atoms with E-state index in [0.717, 1.165) is 21.1 Å². The topological polar surface area (TPSA) is 226 Å². The summed E-state index contributed by atoms with van der Waals surface area (Å²) in [6, 6.07) is 8.05. The summed E-state index contributed by atoms with van der Waals surface area (Å²) in [5.74, 6) is -1.52. The van der Waals surface area contributed by atoms with E-state index >= 15 is 0 Å². The first kappa shape index (κ1) is 34.4. The van der Waals surface area contributed by atoms with Gasteiger partial charge in [0.15, 0.2) is 29.8 Å². The van der Waals surface area contributed by atoms with E-state index in [9.17, 15) is 19.5 Å². The van der Waals surface area contributed by atoms with Crippen molar-refractivity contribution < 1.29 is 38.4 Å². The van der Waals surface area contributed by atoms with E-state index in [4.69, 9.17) is 20.1 Å². The number of nitrogens with two attached hydrogens (primary N) is 1. The van der Waals surface area contributed by atoms with E-state index in [2.05, 4.69) is 30.6 Å². The number of nitrogen functional groups attached to an aromatic ring is 1. The fraction of sp³-hybridized carbons (Fsp3) is 0.276. The van der Waals surface area contributed by atoms with E-state index < -0.39 is 29.2 Å². The second-order valence-corrected chi connectivity index (χ2v) is 14.3. The van der Waals surface area contributed by atoms with Gasteiger partial charge in [-0.3, -0.25) is 19.5 Å². The first-order valence-corrected chi connectivity index (χ1v) is 18.4. The minimum Gasteiger partial charge on any atom is -0.543 e. The summed E-state index contributed by atoms with van der Waals surface area (Å²) in [6.07, 6.45) is 5.26. The molecule has 2 atom stereocenters. The molecule has 4 aromatic heterocycles. The highest BCUT2D eigenvalue weighted by atomic mass is 32.2. The molecule has 0 saturated carbocycles. The Morgan fingerprint density at radius 3 is 2.80 bits per heavy atom. The number of oxime groups is 1. The lowest BCUT2D eigenvalue weighted by atomic mass is 10.0. The Kier molecular flexibility index (Phi) is 11.1. The average Bonchev–Trinajstić information content (AvgIpc) is 3.77. The van der Waals surface area contributed by atoms with Crippen molar-refractivity contribution >= 4 is 75.2 Å². The summed E-state index contributed by atoms with van der Waals surface area (Å²) in [7, 11) is 0. The molecule has 1 saturated heterocycles. The number of carboxylic acids is 1. The molecule has 16 nitrogen and oxygen atoms in total. The maximum absolute atomic E-state index is 13.4. The predicted octanol–water partition coefficient (Wildman–Crippen LogP) is 0.159. The van der Waals surface area contributed by atoms with Gasteiger partial charge in [-0.2, -0.15) is 0 Å². The van der Waals surface area contributed by atoms with Crippen LogP contribution in [0.15, 0.2) is 85.3 Å². The smallest absolute Gasteiger partial charge is 0.277 e. The Bertz CT molecular complexity index is 1890. The molecule has 1 fully saturated rings. The number of nitrogens with zero attached hydrogens (tertiary/aromatic N) is 7. The van der Waals surface area contributed by atoms with Crippen LogP contribution in [-0.4, -0.2) is 95.6 Å².